The third-order valence-electron chi connectivity index (χ3n) is 3.67. The van der Waals surface area contributed by atoms with E-state index < -0.39 is 0 Å². The lowest BCUT2D eigenvalue weighted by atomic mass is 10.1. The van der Waals surface area contributed by atoms with Crippen LogP contribution in [0.15, 0.2) is 24.3 Å². The number of carbonyl (C=O) groups is 2. The van der Waals surface area contributed by atoms with Gasteiger partial charge in [0, 0.05) is 13.1 Å². The largest absolute Gasteiger partial charge is 0.508 e. The molecular formula is C15H20N2O3. The fourth-order valence-electron chi connectivity index (χ4n) is 2.36. The van der Waals surface area contributed by atoms with Crippen molar-refractivity contribution in [2.75, 3.05) is 7.05 Å². The number of likely N-dealkylation sites (tertiary alicyclic amines) is 1. The highest BCUT2D eigenvalue weighted by Crippen LogP contribution is 2.14. The van der Waals surface area contributed by atoms with Crippen LogP contribution in [0.2, 0.25) is 0 Å². The number of rotatable bonds is 5. The van der Waals surface area contributed by atoms with Crippen LogP contribution in [0.5, 0.6) is 5.75 Å². The Bertz CT molecular complexity index is 498. The second kappa shape index (κ2) is 6.05. The molecule has 1 heterocycles. The van der Waals surface area contributed by atoms with Crippen LogP contribution in [0, 0.1) is 0 Å². The average molecular weight is 276 g/mol. The lowest BCUT2D eigenvalue weighted by Gasteiger charge is -2.17. The van der Waals surface area contributed by atoms with Crippen LogP contribution >= 0.6 is 0 Å². The maximum absolute atomic E-state index is 11.8. The topological polar surface area (TPSA) is 69.6 Å². The van der Waals surface area contributed by atoms with Crippen molar-refractivity contribution in [2.24, 2.45) is 0 Å². The summed E-state index contributed by atoms with van der Waals surface area (Å²) < 4.78 is 0. The number of nitrogens with zero attached hydrogens (tertiary/aromatic N) is 1. The Kier molecular flexibility index (Phi) is 4.39. The highest BCUT2D eigenvalue weighted by atomic mass is 16.3. The van der Waals surface area contributed by atoms with E-state index in [1.54, 1.807) is 12.1 Å². The summed E-state index contributed by atoms with van der Waals surface area (Å²) in [5.41, 5.74) is 1.14. The SMILES string of the molecule is CC(CCc1ccc(O)cc1)NC1CC(=O)N(C)C1=O. The zero-order valence-corrected chi connectivity index (χ0v) is 11.8. The summed E-state index contributed by atoms with van der Waals surface area (Å²) in [6.07, 6.45) is 1.98. The van der Waals surface area contributed by atoms with E-state index in [9.17, 15) is 14.7 Å². The Morgan fingerprint density at radius 1 is 1.35 bits per heavy atom. The third-order valence-corrected chi connectivity index (χ3v) is 3.67. The van der Waals surface area contributed by atoms with E-state index >= 15 is 0 Å². The second-order valence-electron chi connectivity index (χ2n) is 5.32. The summed E-state index contributed by atoms with van der Waals surface area (Å²) >= 11 is 0. The molecule has 1 saturated heterocycles. The Morgan fingerprint density at radius 3 is 2.55 bits per heavy atom. The van der Waals surface area contributed by atoms with Gasteiger partial charge in [-0.1, -0.05) is 12.1 Å². The molecule has 0 radical (unpaired) electrons. The van der Waals surface area contributed by atoms with Crippen LogP contribution in [-0.4, -0.2) is 41.0 Å². The van der Waals surface area contributed by atoms with Crippen molar-refractivity contribution < 1.29 is 14.7 Å². The number of phenols is 1. The van der Waals surface area contributed by atoms with Crippen LogP contribution in [0.1, 0.15) is 25.3 Å². The van der Waals surface area contributed by atoms with Gasteiger partial charge in [-0.15, -0.1) is 0 Å². The van der Waals surface area contributed by atoms with Gasteiger partial charge in [0.05, 0.1) is 12.5 Å². The maximum atomic E-state index is 11.8. The number of amides is 2. The van der Waals surface area contributed by atoms with Crippen molar-refractivity contribution >= 4 is 11.8 Å². The Hall–Kier alpha value is -1.88. The molecule has 20 heavy (non-hydrogen) atoms. The quantitative estimate of drug-likeness (QED) is 0.789. The molecule has 2 amide bonds. The monoisotopic (exact) mass is 276 g/mol. The van der Waals surface area contributed by atoms with Gasteiger partial charge in [-0.25, -0.2) is 0 Å². The number of likely N-dealkylation sites (N-methyl/N-ethyl adjacent to an activating group) is 1. The molecule has 0 bridgehead atoms. The van der Waals surface area contributed by atoms with Gasteiger partial charge in [0.1, 0.15) is 5.75 Å². The predicted octanol–water partition coefficient (Wildman–Crippen LogP) is 1.06. The maximum Gasteiger partial charge on any atom is 0.246 e. The van der Waals surface area contributed by atoms with Gasteiger partial charge in [-0.2, -0.15) is 0 Å². The van der Waals surface area contributed by atoms with Crippen molar-refractivity contribution in [3.8, 4) is 5.75 Å². The first-order valence-corrected chi connectivity index (χ1v) is 6.81. The van der Waals surface area contributed by atoms with Gasteiger partial charge >= 0.3 is 0 Å². The number of hydrogen-bond acceptors (Lipinski definition) is 4. The molecule has 2 unspecified atom stereocenters. The lowest BCUT2D eigenvalue weighted by molar-refractivity contribution is -0.137. The van der Waals surface area contributed by atoms with E-state index in [1.807, 2.05) is 19.1 Å². The fourth-order valence-corrected chi connectivity index (χ4v) is 2.36. The molecular weight excluding hydrogens is 256 g/mol. The van der Waals surface area contributed by atoms with Gasteiger partial charge < -0.3 is 10.4 Å². The van der Waals surface area contributed by atoms with E-state index in [0.29, 0.717) is 0 Å². The predicted molar refractivity (Wildman–Crippen MR) is 75.2 cm³/mol. The van der Waals surface area contributed by atoms with Gasteiger partial charge in [-0.3, -0.25) is 14.5 Å². The summed E-state index contributed by atoms with van der Waals surface area (Å²) in [6, 6.07) is 6.88. The highest BCUT2D eigenvalue weighted by Gasteiger charge is 2.36. The van der Waals surface area contributed by atoms with Crippen molar-refractivity contribution in [3.63, 3.8) is 0 Å². The first-order chi connectivity index (χ1) is 9.47. The minimum Gasteiger partial charge on any atom is -0.508 e. The van der Waals surface area contributed by atoms with E-state index in [-0.39, 0.29) is 36.1 Å². The van der Waals surface area contributed by atoms with E-state index in [1.165, 1.54) is 11.9 Å². The first kappa shape index (κ1) is 14.5. The Morgan fingerprint density at radius 2 is 2.00 bits per heavy atom. The summed E-state index contributed by atoms with van der Waals surface area (Å²) in [7, 11) is 1.52. The molecule has 0 spiro atoms. The molecule has 5 heteroatoms. The molecule has 2 rings (SSSR count). The van der Waals surface area contributed by atoms with Crippen molar-refractivity contribution in [1.29, 1.82) is 0 Å². The van der Waals surface area contributed by atoms with Crippen LogP contribution < -0.4 is 5.32 Å². The number of phenolic OH excluding ortho intramolecular Hbond substituents is 1. The number of benzene rings is 1. The molecule has 1 aliphatic rings. The molecule has 2 N–H and O–H groups in total. The Balaban J connectivity index is 1.81. The summed E-state index contributed by atoms with van der Waals surface area (Å²) in [6.45, 7) is 2.01. The molecule has 0 saturated carbocycles. The van der Waals surface area contributed by atoms with E-state index in [4.69, 9.17) is 0 Å². The van der Waals surface area contributed by atoms with Crippen LogP contribution in [0.3, 0.4) is 0 Å². The highest BCUT2D eigenvalue weighted by molar-refractivity contribution is 6.05. The zero-order chi connectivity index (χ0) is 14.7. The summed E-state index contributed by atoms with van der Waals surface area (Å²) in [4.78, 5) is 24.4. The minimum absolute atomic E-state index is 0.127. The fraction of sp³-hybridized carbons (Fsp3) is 0.467. The molecule has 5 nitrogen and oxygen atoms in total. The smallest absolute Gasteiger partial charge is 0.246 e. The molecule has 0 aromatic heterocycles. The second-order valence-corrected chi connectivity index (χ2v) is 5.32. The number of nitrogens with one attached hydrogen (secondary N) is 1. The normalized spacial score (nSPS) is 20.5. The van der Waals surface area contributed by atoms with E-state index in [0.717, 1.165) is 18.4 Å². The molecule has 108 valence electrons. The molecule has 1 aromatic carbocycles. The first-order valence-electron chi connectivity index (χ1n) is 6.81. The zero-order valence-electron chi connectivity index (χ0n) is 11.8. The van der Waals surface area contributed by atoms with Gasteiger partial charge in [0.15, 0.2) is 0 Å². The van der Waals surface area contributed by atoms with Gasteiger partial charge in [-0.05, 0) is 37.5 Å². The van der Waals surface area contributed by atoms with Crippen LogP contribution in [-0.2, 0) is 16.0 Å². The summed E-state index contributed by atoms with van der Waals surface area (Å²) in [5.74, 6) is -0.0113. The average Bonchev–Trinajstić information content (AvgIpc) is 2.66. The molecule has 1 fully saturated rings. The van der Waals surface area contributed by atoms with Crippen LogP contribution in [0.25, 0.3) is 0 Å². The third kappa shape index (κ3) is 3.36. The van der Waals surface area contributed by atoms with Crippen LogP contribution in [0.4, 0.5) is 0 Å². The number of aryl methyl sites for hydroxylation is 1. The number of aromatic hydroxyl groups is 1. The standard InChI is InChI=1S/C15H20N2O3/c1-10(3-4-11-5-7-12(18)8-6-11)16-13-9-14(19)17(2)15(13)20/h5-8,10,13,16,18H,3-4,9H2,1-2H3. The van der Waals surface area contributed by atoms with Gasteiger partial charge in [0.25, 0.3) is 0 Å². The van der Waals surface area contributed by atoms with Crippen molar-refractivity contribution in [2.45, 2.75) is 38.3 Å². The minimum atomic E-state index is -0.387. The van der Waals surface area contributed by atoms with Crippen molar-refractivity contribution in [1.82, 2.24) is 10.2 Å². The number of carbonyl (C=O) groups excluding carboxylic acids is 2. The molecule has 1 aromatic rings. The molecule has 0 aliphatic carbocycles. The molecule has 1 aliphatic heterocycles. The lowest BCUT2D eigenvalue weighted by Crippen LogP contribution is -2.42. The van der Waals surface area contributed by atoms with E-state index in [2.05, 4.69) is 5.32 Å². The molecule has 2 atom stereocenters. The number of hydrogen-bond donors (Lipinski definition) is 2. The van der Waals surface area contributed by atoms with Gasteiger partial charge in [0.2, 0.25) is 11.8 Å². The van der Waals surface area contributed by atoms with Crippen molar-refractivity contribution in [3.05, 3.63) is 29.8 Å². The Labute approximate surface area is 118 Å². The summed E-state index contributed by atoms with van der Waals surface area (Å²) in [5, 5.41) is 12.4. The number of imide groups is 1.